The van der Waals surface area contributed by atoms with E-state index in [0.29, 0.717) is 0 Å². The van der Waals surface area contributed by atoms with E-state index in [9.17, 15) is 18.8 Å². The monoisotopic (exact) mass is 299 g/mol. The minimum atomic E-state index is -1.35. The quantitative estimate of drug-likeness (QED) is 0.689. The van der Waals surface area contributed by atoms with Crippen molar-refractivity contribution in [3.05, 3.63) is 29.6 Å². The minimum absolute atomic E-state index is 0.00910. The third-order valence-corrected chi connectivity index (χ3v) is 2.66. The van der Waals surface area contributed by atoms with Crippen LogP contribution in [0.3, 0.4) is 0 Å². The summed E-state index contributed by atoms with van der Waals surface area (Å²) in [6.45, 7) is 0. The molecular formula is C13H14FNO6. The molecule has 1 aromatic rings. The highest BCUT2D eigenvalue weighted by atomic mass is 19.1. The summed E-state index contributed by atoms with van der Waals surface area (Å²) in [7, 11) is 1.23. The first-order valence-corrected chi connectivity index (χ1v) is 5.94. The fraction of sp³-hybridized carbons (Fsp3) is 0.308. The molecule has 0 radical (unpaired) electrons. The lowest BCUT2D eigenvalue weighted by Crippen LogP contribution is -2.41. The van der Waals surface area contributed by atoms with Gasteiger partial charge in [0.1, 0.15) is 6.04 Å². The molecule has 0 aliphatic carbocycles. The first kappa shape index (κ1) is 16.4. The molecule has 1 aromatic carbocycles. The number of benzene rings is 1. The van der Waals surface area contributed by atoms with Crippen molar-refractivity contribution < 1.29 is 33.7 Å². The maximum absolute atomic E-state index is 13.2. The van der Waals surface area contributed by atoms with Gasteiger partial charge in [0.25, 0.3) is 5.91 Å². The Labute approximate surface area is 119 Å². The second-order valence-corrected chi connectivity index (χ2v) is 4.15. The molecule has 0 aromatic heterocycles. The first-order chi connectivity index (χ1) is 9.85. The molecule has 7 nitrogen and oxygen atoms in total. The lowest BCUT2D eigenvalue weighted by atomic mass is 10.1. The molecule has 0 unspecified atom stereocenters. The Morgan fingerprint density at radius 1 is 1.33 bits per heavy atom. The van der Waals surface area contributed by atoms with E-state index in [4.69, 9.17) is 14.9 Å². The van der Waals surface area contributed by atoms with Gasteiger partial charge in [0.05, 0.1) is 7.11 Å². The van der Waals surface area contributed by atoms with Crippen molar-refractivity contribution in [2.24, 2.45) is 0 Å². The predicted molar refractivity (Wildman–Crippen MR) is 68.7 cm³/mol. The van der Waals surface area contributed by atoms with Gasteiger partial charge in [-0.3, -0.25) is 9.59 Å². The van der Waals surface area contributed by atoms with Crippen LogP contribution in [0.5, 0.6) is 5.75 Å². The SMILES string of the molecule is COc1cc(C(=O)N[C@@H](CCC(=O)O)C(=O)O)ccc1F. The number of carboxylic acids is 2. The van der Waals surface area contributed by atoms with Crippen molar-refractivity contribution in [1.29, 1.82) is 0 Å². The molecule has 21 heavy (non-hydrogen) atoms. The summed E-state index contributed by atoms with van der Waals surface area (Å²) < 4.78 is 17.9. The molecule has 0 spiro atoms. The van der Waals surface area contributed by atoms with E-state index in [1.165, 1.54) is 13.2 Å². The van der Waals surface area contributed by atoms with Crippen molar-refractivity contribution in [2.75, 3.05) is 7.11 Å². The van der Waals surface area contributed by atoms with Crippen LogP contribution in [0.15, 0.2) is 18.2 Å². The fourth-order valence-corrected chi connectivity index (χ4v) is 1.57. The largest absolute Gasteiger partial charge is 0.494 e. The summed E-state index contributed by atoms with van der Waals surface area (Å²) in [6, 6.07) is 1.97. The number of rotatable bonds is 7. The molecule has 8 heteroatoms. The zero-order valence-corrected chi connectivity index (χ0v) is 11.1. The lowest BCUT2D eigenvalue weighted by Gasteiger charge is -2.14. The van der Waals surface area contributed by atoms with Crippen molar-refractivity contribution in [3.8, 4) is 5.75 Å². The third kappa shape index (κ3) is 4.75. The number of methoxy groups -OCH3 is 1. The van der Waals surface area contributed by atoms with Crippen LogP contribution in [-0.4, -0.2) is 41.2 Å². The highest BCUT2D eigenvalue weighted by molar-refractivity contribution is 5.97. The van der Waals surface area contributed by atoms with Crippen LogP contribution in [-0.2, 0) is 9.59 Å². The maximum Gasteiger partial charge on any atom is 0.326 e. The van der Waals surface area contributed by atoms with Crippen LogP contribution in [0, 0.1) is 5.82 Å². The number of hydrogen-bond acceptors (Lipinski definition) is 4. The van der Waals surface area contributed by atoms with Crippen LogP contribution < -0.4 is 10.1 Å². The maximum atomic E-state index is 13.2. The summed E-state index contributed by atoms with van der Waals surface area (Å²) in [5.74, 6) is -4.08. The van der Waals surface area contributed by atoms with Crippen molar-refractivity contribution in [3.63, 3.8) is 0 Å². The normalized spacial score (nSPS) is 11.5. The van der Waals surface area contributed by atoms with Gasteiger partial charge in [-0.2, -0.15) is 0 Å². The van der Waals surface area contributed by atoms with Crippen molar-refractivity contribution >= 4 is 17.8 Å². The molecule has 1 rings (SSSR count). The molecule has 114 valence electrons. The van der Waals surface area contributed by atoms with Gasteiger partial charge < -0.3 is 20.3 Å². The highest BCUT2D eigenvalue weighted by Gasteiger charge is 2.22. The predicted octanol–water partition coefficient (Wildman–Crippen LogP) is 0.882. The molecule has 0 bridgehead atoms. The van der Waals surface area contributed by atoms with Crippen molar-refractivity contribution in [1.82, 2.24) is 5.32 Å². The van der Waals surface area contributed by atoms with Crippen LogP contribution >= 0.6 is 0 Å². The van der Waals surface area contributed by atoms with Crippen LogP contribution in [0.1, 0.15) is 23.2 Å². The number of aliphatic carboxylic acids is 2. The number of hydrogen-bond donors (Lipinski definition) is 3. The lowest BCUT2D eigenvalue weighted by molar-refractivity contribution is -0.140. The van der Waals surface area contributed by atoms with E-state index in [-0.39, 0.29) is 17.7 Å². The summed E-state index contributed by atoms with van der Waals surface area (Å²) in [6.07, 6.45) is -0.654. The molecule has 1 atom stereocenters. The molecule has 0 saturated carbocycles. The Bertz CT molecular complexity index is 560. The third-order valence-electron chi connectivity index (χ3n) is 2.66. The Hall–Kier alpha value is -2.64. The minimum Gasteiger partial charge on any atom is -0.494 e. The van der Waals surface area contributed by atoms with Gasteiger partial charge in [-0.05, 0) is 24.6 Å². The second kappa shape index (κ2) is 7.22. The number of amides is 1. The van der Waals surface area contributed by atoms with Gasteiger partial charge in [-0.1, -0.05) is 0 Å². The van der Waals surface area contributed by atoms with E-state index in [0.717, 1.165) is 12.1 Å². The molecule has 1 amide bonds. The van der Waals surface area contributed by atoms with E-state index in [2.05, 4.69) is 5.32 Å². The summed E-state index contributed by atoms with van der Waals surface area (Å²) in [5, 5.41) is 19.6. The van der Waals surface area contributed by atoms with Gasteiger partial charge in [-0.25, -0.2) is 9.18 Å². The van der Waals surface area contributed by atoms with Gasteiger partial charge in [0.2, 0.25) is 0 Å². The van der Waals surface area contributed by atoms with Crippen molar-refractivity contribution in [2.45, 2.75) is 18.9 Å². The Morgan fingerprint density at radius 3 is 2.52 bits per heavy atom. The zero-order chi connectivity index (χ0) is 16.0. The second-order valence-electron chi connectivity index (χ2n) is 4.15. The summed E-state index contributed by atoms with van der Waals surface area (Å²) in [5.41, 5.74) is 0.00910. The zero-order valence-electron chi connectivity index (χ0n) is 11.1. The van der Waals surface area contributed by atoms with Crippen LogP contribution in [0.4, 0.5) is 4.39 Å². The topological polar surface area (TPSA) is 113 Å². The number of nitrogens with one attached hydrogen (secondary N) is 1. The van der Waals surface area contributed by atoms with Crippen LogP contribution in [0.25, 0.3) is 0 Å². The van der Waals surface area contributed by atoms with Crippen LogP contribution in [0.2, 0.25) is 0 Å². The van der Waals surface area contributed by atoms with Gasteiger partial charge in [0, 0.05) is 12.0 Å². The highest BCUT2D eigenvalue weighted by Crippen LogP contribution is 2.18. The van der Waals surface area contributed by atoms with E-state index in [1.54, 1.807) is 0 Å². The smallest absolute Gasteiger partial charge is 0.326 e. The molecule has 3 N–H and O–H groups in total. The standard InChI is InChI=1S/C13H14FNO6/c1-21-10-6-7(2-3-8(10)14)12(18)15-9(13(19)20)4-5-11(16)17/h2-3,6,9H,4-5H2,1H3,(H,15,18)(H,16,17)(H,19,20)/t9-/m0/s1. The summed E-state index contributed by atoms with van der Waals surface area (Å²) >= 11 is 0. The molecule has 0 aliphatic rings. The molecule has 0 aliphatic heterocycles. The summed E-state index contributed by atoms with van der Waals surface area (Å²) in [4.78, 5) is 33.3. The van der Waals surface area contributed by atoms with E-state index >= 15 is 0 Å². The van der Waals surface area contributed by atoms with Gasteiger partial charge in [-0.15, -0.1) is 0 Å². The van der Waals surface area contributed by atoms with E-state index in [1.807, 2.05) is 0 Å². The average Bonchev–Trinajstić information content (AvgIpc) is 2.43. The van der Waals surface area contributed by atoms with Gasteiger partial charge >= 0.3 is 11.9 Å². The number of carbonyl (C=O) groups excluding carboxylic acids is 1. The molecule has 0 heterocycles. The number of halogens is 1. The van der Waals surface area contributed by atoms with Gasteiger partial charge in [0.15, 0.2) is 11.6 Å². The van der Waals surface area contributed by atoms with E-state index < -0.39 is 36.1 Å². The number of ether oxygens (including phenoxy) is 1. The Balaban J connectivity index is 2.81. The molecule has 0 saturated heterocycles. The Kier molecular flexibility index (Phi) is 5.65. The number of carboxylic acid groups (broad SMARTS) is 2. The Morgan fingerprint density at radius 2 is 2.00 bits per heavy atom. The average molecular weight is 299 g/mol. The number of carbonyl (C=O) groups is 3. The molecular weight excluding hydrogens is 285 g/mol. The first-order valence-electron chi connectivity index (χ1n) is 5.94. The molecule has 0 fully saturated rings. The fourth-order valence-electron chi connectivity index (χ4n) is 1.57.